The third-order valence-electron chi connectivity index (χ3n) is 2.36. The highest BCUT2D eigenvalue weighted by atomic mass is 14.7. The molecule has 0 aliphatic rings. The van der Waals surface area contributed by atoms with Gasteiger partial charge in [0.05, 0.1) is 0 Å². The van der Waals surface area contributed by atoms with E-state index in [1.54, 1.807) is 0 Å². The summed E-state index contributed by atoms with van der Waals surface area (Å²) in [6.07, 6.45) is 2.09. The van der Waals surface area contributed by atoms with Crippen molar-refractivity contribution in [2.75, 3.05) is 5.73 Å². The van der Waals surface area contributed by atoms with Crippen molar-refractivity contribution >= 4 is 5.69 Å². The summed E-state index contributed by atoms with van der Waals surface area (Å²) >= 11 is 0. The monoisotopic (exact) mass is 178 g/mol. The van der Waals surface area contributed by atoms with Gasteiger partial charge in [0, 0.05) is 11.7 Å². The molecule has 72 valence electrons. The maximum absolute atomic E-state index is 6.00. The lowest BCUT2D eigenvalue weighted by Crippen LogP contribution is -2.12. The van der Waals surface area contributed by atoms with Crippen molar-refractivity contribution in [2.45, 2.75) is 32.7 Å². The number of rotatable bonds is 3. The summed E-state index contributed by atoms with van der Waals surface area (Å²) in [6.45, 7) is 4.14. The predicted octanol–water partition coefficient (Wildman–Crippen LogP) is 2.38. The van der Waals surface area contributed by atoms with E-state index in [4.69, 9.17) is 11.5 Å². The molecule has 1 atom stereocenters. The van der Waals surface area contributed by atoms with Crippen LogP contribution in [-0.4, -0.2) is 0 Å². The first-order valence-electron chi connectivity index (χ1n) is 4.77. The number of hydrogen-bond acceptors (Lipinski definition) is 2. The normalized spacial score (nSPS) is 12.8. The topological polar surface area (TPSA) is 52.0 Å². The number of nitrogen functional groups attached to an aromatic ring is 1. The molecule has 2 heteroatoms. The number of para-hydroxylation sites is 1. The fourth-order valence-corrected chi connectivity index (χ4v) is 1.49. The maximum Gasteiger partial charge on any atom is 0.0392 e. The van der Waals surface area contributed by atoms with Crippen molar-refractivity contribution in [1.29, 1.82) is 0 Å². The van der Waals surface area contributed by atoms with Crippen molar-refractivity contribution in [3.63, 3.8) is 0 Å². The van der Waals surface area contributed by atoms with Crippen LogP contribution in [0, 0.1) is 6.92 Å². The van der Waals surface area contributed by atoms with Crippen LogP contribution >= 0.6 is 0 Å². The van der Waals surface area contributed by atoms with Crippen molar-refractivity contribution in [2.24, 2.45) is 5.73 Å². The van der Waals surface area contributed by atoms with Gasteiger partial charge in [-0.05, 0) is 24.5 Å². The Morgan fingerprint density at radius 1 is 1.38 bits per heavy atom. The molecule has 0 bridgehead atoms. The molecular weight excluding hydrogens is 160 g/mol. The van der Waals surface area contributed by atoms with Crippen molar-refractivity contribution in [1.82, 2.24) is 0 Å². The zero-order chi connectivity index (χ0) is 9.84. The second-order valence-electron chi connectivity index (χ2n) is 3.47. The van der Waals surface area contributed by atoms with Crippen molar-refractivity contribution in [3.05, 3.63) is 29.3 Å². The number of anilines is 1. The molecule has 0 heterocycles. The molecule has 0 amide bonds. The van der Waals surface area contributed by atoms with Gasteiger partial charge in [0.25, 0.3) is 0 Å². The average Bonchev–Trinajstić information content (AvgIpc) is 2.10. The number of benzene rings is 1. The van der Waals surface area contributed by atoms with E-state index in [9.17, 15) is 0 Å². The van der Waals surface area contributed by atoms with Gasteiger partial charge in [0.1, 0.15) is 0 Å². The molecule has 13 heavy (non-hydrogen) atoms. The molecule has 4 N–H and O–H groups in total. The minimum atomic E-state index is 0.0879. The number of hydrogen-bond donors (Lipinski definition) is 2. The Kier molecular flexibility index (Phi) is 3.32. The van der Waals surface area contributed by atoms with Gasteiger partial charge < -0.3 is 11.5 Å². The van der Waals surface area contributed by atoms with E-state index in [0.717, 1.165) is 29.7 Å². The van der Waals surface area contributed by atoms with Crippen LogP contribution in [0.15, 0.2) is 18.2 Å². The quantitative estimate of drug-likeness (QED) is 0.698. The summed E-state index contributed by atoms with van der Waals surface area (Å²) in [5.41, 5.74) is 15.0. The van der Waals surface area contributed by atoms with E-state index in [1.807, 2.05) is 25.1 Å². The highest BCUT2D eigenvalue weighted by Gasteiger charge is 2.08. The van der Waals surface area contributed by atoms with Gasteiger partial charge in [-0.15, -0.1) is 0 Å². The molecular formula is C11H18N2. The number of nitrogens with two attached hydrogens (primary N) is 2. The van der Waals surface area contributed by atoms with Crippen LogP contribution < -0.4 is 11.5 Å². The third kappa shape index (κ3) is 2.22. The summed E-state index contributed by atoms with van der Waals surface area (Å²) in [6, 6.07) is 6.13. The van der Waals surface area contributed by atoms with E-state index in [0.29, 0.717) is 0 Å². The Hall–Kier alpha value is -1.02. The van der Waals surface area contributed by atoms with Gasteiger partial charge in [-0.3, -0.25) is 0 Å². The Morgan fingerprint density at radius 2 is 2.08 bits per heavy atom. The standard InChI is InChI=1S/C11H18N2/c1-3-5-10(12)9-7-4-6-8(2)11(9)13/h4,6-7,10H,3,5,12-13H2,1-2H3/t10-/m0/s1. The highest BCUT2D eigenvalue weighted by molar-refractivity contribution is 5.54. The van der Waals surface area contributed by atoms with Gasteiger partial charge in [-0.1, -0.05) is 31.5 Å². The fraction of sp³-hybridized carbons (Fsp3) is 0.455. The fourth-order valence-electron chi connectivity index (χ4n) is 1.49. The maximum atomic E-state index is 6.00. The smallest absolute Gasteiger partial charge is 0.0392 e. The molecule has 0 fully saturated rings. The summed E-state index contributed by atoms with van der Waals surface area (Å²) < 4.78 is 0. The molecule has 0 radical (unpaired) electrons. The van der Waals surface area contributed by atoms with Crippen molar-refractivity contribution < 1.29 is 0 Å². The molecule has 0 saturated carbocycles. The molecule has 0 aliphatic heterocycles. The molecule has 0 spiro atoms. The number of aryl methyl sites for hydroxylation is 1. The second-order valence-corrected chi connectivity index (χ2v) is 3.47. The molecule has 0 aliphatic carbocycles. The Balaban J connectivity index is 2.93. The first kappa shape index (κ1) is 10.1. The van der Waals surface area contributed by atoms with Crippen molar-refractivity contribution in [3.8, 4) is 0 Å². The molecule has 0 saturated heterocycles. The highest BCUT2D eigenvalue weighted by Crippen LogP contribution is 2.24. The molecule has 0 unspecified atom stereocenters. The van der Waals surface area contributed by atoms with Crippen LogP contribution in [0.1, 0.15) is 36.9 Å². The van der Waals surface area contributed by atoms with E-state index in [2.05, 4.69) is 6.92 Å². The Morgan fingerprint density at radius 3 is 2.69 bits per heavy atom. The van der Waals surface area contributed by atoms with Gasteiger partial charge in [0.2, 0.25) is 0 Å². The third-order valence-corrected chi connectivity index (χ3v) is 2.36. The first-order valence-corrected chi connectivity index (χ1v) is 4.77. The average molecular weight is 178 g/mol. The van der Waals surface area contributed by atoms with E-state index in [-0.39, 0.29) is 6.04 Å². The Bertz CT molecular complexity index is 281. The molecule has 1 aromatic carbocycles. The molecule has 2 nitrogen and oxygen atoms in total. The van der Waals surface area contributed by atoms with E-state index in [1.165, 1.54) is 0 Å². The van der Waals surface area contributed by atoms with E-state index >= 15 is 0 Å². The predicted molar refractivity (Wildman–Crippen MR) is 57.4 cm³/mol. The van der Waals surface area contributed by atoms with Crippen LogP contribution in [0.4, 0.5) is 5.69 Å². The van der Waals surface area contributed by atoms with Crippen LogP contribution in [0.5, 0.6) is 0 Å². The van der Waals surface area contributed by atoms with Crippen LogP contribution in [-0.2, 0) is 0 Å². The molecule has 0 aromatic heterocycles. The zero-order valence-electron chi connectivity index (χ0n) is 8.38. The van der Waals surface area contributed by atoms with Crippen LogP contribution in [0.3, 0.4) is 0 Å². The van der Waals surface area contributed by atoms with Gasteiger partial charge in [-0.25, -0.2) is 0 Å². The largest absolute Gasteiger partial charge is 0.398 e. The van der Waals surface area contributed by atoms with Gasteiger partial charge in [0.15, 0.2) is 0 Å². The lowest BCUT2D eigenvalue weighted by atomic mass is 9.99. The SMILES string of the molecule is CCC[C@H](N)c1cccc(C)c1N. The first-order chi connectivity index (χ1) is 6.16. The van der Waals surface area contributed by atoms with Gasteiger partial charge in [-0.2, -0.15) is 0 Å². The summed E-state index contributed by atoms with van der Waals surface area (Å²) in [5, 5.41) is 0. The molecule has 1 aromatic rings. The lowest BCUT2D eigenvalue weighted by Gasteiger charge is -2.14. The van der Waals surface area contributed by atoms with Gasteiger partial charge >= 0.3 is 0 Å². The van der Waals surface area contributed by atoms with Crippen LogP contribution in [0.2, 0.25) is 0 Å². The van der Waals surface area contributed by atoms with E-state index < -0.39 is 0 Å². The zero-order valence-corrected chi connectivity index (χ0v) is 8.38. The molecule has 1 rings (SSSR count). The second kappa shape index (κ2) is 4.28. The van der Waals surface area contributed by atoms with Crippen LogP contribution in [0.25, 0.3) is 0 Å². The summed E-state index contributed by atoms with van der Waals surface area (Å²) in [5.74, 6) is 0. The summed E-state index contributed by atoms with van der Waals surface area (Å²) in [7, 11) is 0. The Labute approximate surface area is 79.9 Å². The summed E-state index contributed by atoms with van der Waals surface area (Å²) in [4.78, 5) is 0. The minimum absolute atomic E-state index is 0.0879. The lowest BCUT2D eigenvalue weighted by molar-refractivity contribution is 0.640. The minimum Gasteiger partial charge on any atom is -0.398 e.